The number of carboxylic acid groups (broad SMARTS) is 1. The van der Waals surface area contributed by atoms with E-state index in [2.05, 4.69) is 5.32 Å². The first-order chi connectivity index (χ1) is 12.6. The van der Waals surface area contributed by atoms with Crippen molar-refractivity contribution in [1.82, 2.24) is 5.32 Å². The molecule has 138 valence electrons. The van der Waals surface area contributed by atoms with E-state index >= 15 is 0 Å². The highest BCUT2D eigenvalue weighted by Crippen LogP contribution is 2.17. The zero-order chi connectivity index (χ0) is 18.8. The first-order valence-electron chi connectivity index (χ1n) is 8.86. The fourth-order valence-corrected chi connectivity index (χ4v) is 2.63. The van der Waals surface area contributed by atoms with Crippen molar-refractivity contribution >= 4 is 11.8 Å². The van der Waals surface area contributed by atoms with Crippen molar-refractivity contribution in [2.45, 2.75) is 32.2 Å². The Labute approximate surface area is 154 Å². The normalized spacial score (nSPS) is 11.7. The molecule has 2 N–H and O–H groups in total. The molecule has 0 heterocycles. The van der Waals surface area contributed by atoms with Crippen LogP contribution in [0.3, 0.4) is 0 Å². The van der Waals surface area contributed by atoms with E-state index < -0.39 is 5.97 Å². The number of benzene rings is 2. The molecule has 0 aliphatic carbocycles. The molecular formula is C21H25NO4. The summed E-state index contributed by atoms with van der Waals surface area (Å²) in [7, 11) is 0. The molecule has 26 heavy (non-hydrogen) atoms. The maximum atomic E-state index is 12.3. The van der Waals surface area contributed by atoms with Crippen molar-refractivity contribution in [3.63, 3.8) is 0 Å². The van der Waals surface area contributed by atoms with Gasteiger partial charge in [0.05, 0.1) is 13.0 Å². The number of Topliss-reactive ketones (excluding diaryl/α,β-unsaturated/α-hetero) is 1. The van der Waals surface area contributed by atoms with Gasteiger partial charge in [-0.05, 0) is 36.2 Å². The quantitative estimate of drug-likeness (QED) is 0.599. The molecule has 2 aromatic carbocycles. The van der Waals surface area contributed by atoms with Gasteiger partial charge in [0.1, 0.15) is 5.75 Å². The van der Waals surface area contributed by atoms with E-state index in [1.807, 2.05) is 37.3 Å². The van der Waals surface area contributed by atoms with E-state index in [0.717, 1.165) is 17.7 Å². The number of aliphatic carboxylic acids is 1. The Bertz CT molecular complexity index is 698. The lowest BCUT2D eigenvalue weighted by atomic mass is 10.0. The minimum absolute atomic E-state index is 0.0154. The lowest BCUT2D eigenvalue weighted by Gasteiger charge is -2.17. The van der Waals surface area contributed by atoms with Crippen LogP contribution in [0.1, 0.15) is 48.1 Å². The highest BCUT2D eigenvalue weighted by atomic mass is 16.5. The van der Waals surface area contributed by atoms with Crippen LogP contribution in [0.5, 0.6) is 5.75 Å². The third kappa shape index (κ3) is 6.33. The molecule has 0 bridgehead atoms. The molecule has 0 unspecified atom stereocenters. The third-order valence-electron chi connectivity index (χ3n) is 3.97. The lowest BCUT2D eigenvalue weighted by Crippen LogP contribution is -2.26. The number of ether oxygens (including phenoxy) is 1. The average molecular weight is 355 g/mol. The maximum Gasteiger partial charge on any atom is 0.305 e. The SMILES string of the molecule is CCCOc1ccc(C(=O)CCN[C@H](CC(=O)O)c2ccccc2)cc1. The van der Waals surface area contributed by atoms with Crippen molar-refractivity contribution in [3.05, 3.63) is 65.7 Å². The molecule has 2 aromatic rings. The first-order valence-corrected chi connectivity index (χ1v) is 8.86. The largest absolute Gasteiger partial charge is 0.494 e. The summed E-state index contributed by atoms with van der Waals surface area (Å²) >= 11 is 0. The monoisotopic (exact) mass is 355 g/mol. The molecule has 0 aliphatic heterocycles. The van der Waals surface area contributed by atoms with Crippen LogP contribution in [0.25, 0.3) is 0 Å². The minimum atomic E-state index is -0.875. The summed E-state index contributed by atoms with van der Waals surface area (Å²) in [5.41, 5.74) is 1.53. The Hall–Kier alpha value is -2.66. The van der Waals surface area contributed by atoms with E-state index in [-0.39, 0.29) is 18.2 Å². The van der Waals surface area contributed by atoms with Gasteiger partial charge in [0, 0.05) is 24.6 Å². The van der Waals surface area contributed by atoms with Crippen LogP contribution in [-0.2, 0) is 4.79 Å². The molecule has 5 heteroatoms. The second-order valence-electron chi connectivity index (χ2n) is 6.06. The summed E-state index contributed by atoms with van der Waals surface area (Å²) in [5, 5.41) is 12.3. The molecule has 0 saturated carbocycles. The molecule has 0 spiro atoms. The summed E-state index contributed by atoms with van der Waals surface area (Å²) in [4.78, 5) is 23.4. The summed E-state index contributed by atoms with van der Waals surface area (Å²) < 4.78 is 5.51. The zero-order valence-corrected chi connectivity index (χ0v) is 15.0. The summed E-state index contributed by atoms with van der Waals surface area (Å²) in [6.07, 6.45) is 1.21. The second-order valence-corrected chi connectivity index (χ2v) is 6.06. The molecule has 0 aliphatic rings. The van der Waals surface area contributed by atoms with E-state index in [1.165, 1.54) is 0 Å². The van der Waals surface area contributed by atoms with E-state index in [0.29, 0.717) is 25.1 Å². The maximum absolute atomic E-state index is 12.3. The Kier molecular flexibility index (Phi) is 7.83. The van der Waals surface area contributed by atoms with Crippen molar-refractivity contribution in [3.8, 4) is 5.75 Å². The van der Waals surface area contributed by atoms with E-state index in [4.69, 9.17) is 9.84 Å². The Balaban J connectivity index is 1.88. The zero-order valence-electron chi connectivity index (χ0n) is 15.0. The molecule has 0 fully saturated rings. The Morgan fingerprint density at radius 1 is 1.08 bits per heavy atom. The fourth-order valence-electron chi connectivity index (χ4n) is 2.63. The second kappa shape index (κ2) is 10.4. The molecule has 0 aromatic heterocycles. The summed E-state index contributed by atoms with van der Waals surface area (Å²) in [6, 6.07) is 16.2. The van der Waals surface area contributed by atoms with Crippen LogP contribution in [0, 0.1) is 0 Å². The number of ketones is 1. The third-order valence-corrected chi connectivity index (χ3v) is 3.97. The van der Waals surface area contributed by atoms with Crippen LogP contribution >= 0.6 is 0 Å². The van der Waals surface area contributed by atoms with Crippen molar-refractivity contribution in [1.29, 1.82) is 0 Å². The van der Waals surface area contributed by atoms with Gasteiger partial charge < -0.3 is 15.2 Å². The van der Waals surface area contributed by atoms with Crippen LogP contribution in [0.4, 0.5) is 0 Å². The van der Waals surface area contributed by atoms with Gasteiger partial charge in [0.15, 0.2) is 5.78 Å². The lowest BCUT2D eigenvalue weighted by molar-refractivity contribution is -0.137. The minimum Gasteiger partial charge on any atom is -0.494 e. The van der Waals surface area contributed by atoms with Crippen molar-refractivity contribution in [2.75, 3.05) is 13.2 Å². The van der Waals surface area contributed by atoms with Gasteiger partial charge >= 0.3 is 5.97 Å². The molecule has 5 nitrogen and oxygen atoms in total. The van der Waals surface area contributed by atoms with Gasteiger partial charge in [-0.25, -0.2) is 0 Å². The van der Waals surface area contributed by atoms with E-state index in [9.17, 15) is 9.59 Å². The fraction of sp³-hybridized carbons (Fsp3) is 0.333. The van der Waals surface area contributed by atoms with Gasteiger partial charge in [-0.15, -0.1) is 0 Å². The van der Waals surface area contributed by atoms with Gasteiger partial charge in [-0.3, -0.25) is 9.59 Å². The predicted octanol–water partition coefficient (Wildman–Crippen LogP) is 3.85. The summed E-state index contributed by atoms with van der Waals surface area (Å²) in [6.45, 7) is 3.11. The smallest absolute Gasteiger partial charge is 0.305 e. The van der Waals surface area contributed by atoms with E-state index in [1.54, 1.807) is 24.3 Å². The molecule has 0 amide bonds. The summed E-state index contributed by atoms with van der Waals surface area (Å²) in [5.74, 6) is -0.103. The molecular weight excluding hydrogens is 330 g/mol. The molecule has 2 rings (SSSR count). The molecule has 0 saturated heterocycles. The van der Waals surface area contributed by atoms with Crippen LogP contribution < -0.4 is 10.1 Å². The number of carbonyl (C=O) groups is 2. The van der Waals surface area contributed by atoms with Crippen LogP contribution in [-0.4, -0.2) is 30.0 Å². The first kappa shape index (κ1) is 19.7. The Morgan fingerprint density at radius 3 is 2.38 bits per heavy atom. The number of nitrogens with one attached hydrogen (secondary N) is 1. The number of carboxylic acids is 1. The number of hydrogen-bond acceptors (Lipinski definition) is 4. The topological polar surface area (TPSA) is 75.6 Å². The number of carbonyl (C=O) groups excluding carboxylic acids is 1. The van der Waals surface area contributed by atoms with Crippen LogP contribution in [0.2, 0.25) is 0 Å². The van der Waals surface area contributed by atoms with Gasteiger partial charge in [-0.1, -0.05) is 37.3 Å². The highest BCUT2D eigenvalue weighted by Gasteiger charge is 2.15. The predicted molar refractivity (Wildman–Crippen MR) is 101 cm³/mol. The average Bonchev–Trinajstić information content (AvgIpc) is 2.66. The van der Waals surface area contributed by atoms with Crippen molar-refractivity contribution < 1.29 is 19.4 Å². The Morgan fingerprint density at radius 2 is 1.77 bits per heavy atom. The number of rotatable bonds is 11. The molecule has 0 radical (unpaired) electrons. The molecule has 1 atom stereocenters. The van der Waals surface area contributed by atoms with Gasteiger partial charge in [0.2, 0.25) is 0 Å². The highest BCUT2D eigenvalue weighted by molar-refractivity contribution is 5.96. The number of hydrogen-bond donors (Lipinski definition) is 2. The van der Waals surface area contributed by atoms with Gasteiger partial charge in [0.25, 0.3) is 0 Å². The van der Waals surface area contributed by atoms with Crippen LogP contribution in [0.15, 0.2) is 54.6 Å². The van der Waals surface area contributed by atoms with Gasteiger partial charge in [-0.2, -0.15) is 0 Å². The van der Waals surface area contributed by atoms with Crippen molar-refractivity contribution in [2.24, 2.45) is 0 Å². The standard InChI is InChI=1S/C21H25NO4/c1-2-14-26-18-10-8-17(9-11-18)20(23)12-13-22-19(15-21(24)25)16-6-4-3-5-7-16/h3-11,19,22H,2,12-15H2,1H3,(H,24,25)/t19-/m1/s1.